The lowest BCUT2D eigenvalue weighted by Gasteiger charge is -2.26. The van der Waals surface area contributed by atoms with Gasteiger partial charge in [-0.3, -0.25) is 4.90 Å². The van der Waals surface area contributed by atoms with Gasteiger partial charge in [0.2, 0.25) is 5.76 Å². The van der Waals surface area contributed by atoms with E-state index < -0.39 is 17.7 Å². The second-order valence-corrected chi connectivity index (χ2v) is 6.23. The van der Waals surface area contributed by atoms with Gasteiger partial charge in [0.15, 0.2) is 0 Å². The summed E-state index contributed by atoms with van der Waals surface area (Å²) in [5.74, 6) is -0.297. The van der Waals surface area contributed by atoms with Crippen molar-refractivity contribution in [1.29, 1.82) is 0 Å². The molecule has 1 heterocycles. The zero-order valence-electron chi connectivity index (χ0n) is 14.2. The lowest BCUT2D eigenvalue weighted by molar-refractivity contribution is -0.139. The molecule has 2 rings (SSSR count). The lowest BCUT2D eigenvalue weighted by atomic mass is 10.1. The number of carbonyl (C=O) groups is 2. The third kappa shape index (κ3) is 4.87. The maximum Gasteiger partial charge on any atom is 0.418 e. The summed E-state index contributed by atoms with van der Waals surface area (Å²) in [7, 11) is 1.25. The number of amides is 1. The number of allylic oxidation sites excluding steroid dienone is 1. The van der Waals surface area contributed by atoms with Gasteiger partial charge in [-0.25, -0.2) is 9.59 Å². The molecule has 1 amide bonds. The Morgan fingerprint density at radius 3 is 2.38 bits per heavy atom. The fourth-order valence-corrected chi connectivity index (χ4v) is 2.01. The predicted octanol–water partition coefficient (Wildman–Crippen LogP) is 3.35. The van der Waals surface area contributed by atoms with E-state index in [1.165, 1.54) is 24.4 Å². The number of rotatable bonds is 3. The van der Waals surface area contributed by atoms with E-state index in [2.05, 4.69) is 4.74 Å². The summed E-state index contributed by atoms with van der Waals surface area (Å²) in [5.41, 5.74) is 0.334. The molecule has 0 fully saturated rings. The van der Waals surface area contributed by atoms with E-state index in [4.69, 9.17) is 9.47 Å². The van der Waals surface area contributed by atoms with Gasteiger partial charge in [-0.2, -0.15) is 0 Å². The van der Waals surface area contributed by atoms with Gasteiger partial charge >= 0.3 is 12.1 Å². The van der Waals surface area contributed by atoms with Crippen molar-refractivity contribution in [3.63, 3.8) is 0 Å². The molecule has 0 radical (unpaired) electrons. The number of benzene rings is 1. The molecule has 1 aromatic carbocycles. The van der Waals surface area contributed by atoms with Crippen LogP contribution in [0.15, 0.2) is 54.3 Å². The van der Waals surface area contributed by atoms with E-state index in [0.29, 0.717) is 12.2 Å². The van der Waals surface area contributed by atoms with Crippen LogP contribution in [0.3, 0.4) is 0 Å². The smallest absolute Gasteiger partial charge is 0.418 e. The molecule has 1 aromatic rings. The second kappa shape index (κ2) is 7.21. The summed E-state index contributed by atoms with van der Waals surface area (Å²) in [5, 5.41) is 0. The molecule has 24 heavy (non-hydrogen) atoms. The van der Waals surface area contributed by atoms with Gasteiger partial charge < -0.3 is 14.2 Å². The standard InChI is InChI=1S/C18H21NO5/c1-18(2,3)24-17(21)19-11-14(10-13-8-6-5-7-9-13)23-15(12-19)16(20)22-4/h5-9,11-12H,10H2,1-4H3. The maximum absolute atomic E-state index is 12.3. The normalized spacial score (nSPS) is 14.2. The fourth-order valence-electron chi connectivity index (χ4n) is 2.01. The first kappa shape index (κ1) is 17.6. The first-order chi connectivity index (χ1) is 11.3. The van der Waals surface area contributed by atoms with Crippen molar-refractivity contribution in [2.75, 3.05) is 7.11 Å². The van der Waals surface area contributed by atoms with Crippen molar-refractivity contribution in [2.24, 2.45) is 0 Å². The molecule has 0 spiro atoms. The van der Waals surface area contributed by atoms with Crippen molar-refractivity contribution < 1.29 is 23.8 Å². The Morgan fingerprint density at radius 1 is 1.12 bits per heavy atom. The molecule has 0 saturated heterocycles. The van der Waals surface area contributed by atoms with Gasteiger partial charge in [0.05, 0.1) is 19.5 Å². The molecule has 6 nitrogen and oxygen atoms in total. The average Bonchev–Trinajstić information content (AvgIpc) is 2.53. The van der Waals surface area contributed by atoms with Crippen LogP contribution in [0.2, 0.25) is 0 Å². The molecule has 0 unspecified atom stereocenters. The average molecular weight is 331 g/mol. The van der Waals surface area contributed by atoms with Gasteiger partial charge in [-0.15, -0.1) is 0 Å². The van der Waals surface area contributed by atoms with Crippen molar-refractivity contribution in [1.82, 2.24) is 4.90 Å². The van der Waals surface area contributed by atoms with E-state index in [1.807, 2.05) is 30.3 Å². The van der Waals surface area contributed by atoms with Gasteiger partial charge in [0.1, 0.15) is 11.4 Å². The van der Waals surface area contributed by atoms with E-state index in [0.717, 1.165) is 5.56 Å². The molecule has 128 valence electrons. The first-order valence-electron chi connectivity index (χ1n) is 7.52. The van der Waals surface area contributed by atoms with Gasteiger partial charge in [0, 0.05) is 6.42 Å². The van der Waals surface area contributed by atoms with Crippen LogP contribution in [0, 0.1) is 0 Å². The number of nitrogens with zero attached hydrogens (tertiary/aromatic N) is 1. The molecule has 0 N–H and O–H groups in total. The summed E-state index contributed by atoms with van der Waals surface area (Å²) in [6.45, 7) is 5.31. The third-order valence-corrected chi connectivity index (χ3v) is 2.99. The summed E-state index contributed by atoms with van der Waals surface area (Å²) in [4.78, 5) is 25.3. The van der Waals surface area contributed by atoms with E-state index in [1.54, 1.807) is 20.8 Å². The Kier molecular flexibility index (Phi) is 5.28. The Bertz CT molecular complexity index is 670. The van der Waals surface area contributed by atoms with Crippen LogP contribution in [-0.2, 0) is 25.4 Å². The van der Waals surface area contributed by atoms with Crippen LogP contribution in [0.4, 0.5) is 4.79 Å². The van der Waals surface area contributed by atoms with Crippen LogP contribution in [0.5, 0.6) is 0 Å². The highest BCUT2D eigenvalue weighted by atomic mass is 16.6. The number of hydrogen-bond donors (Lipinski definition) is 0. The Balaban J connectivity index is 2.24. The SMILES string of the molecule is COC(=O)C1=CN(C(=O)OC(C)(C)C)C=C(Cc2ccccc2)O1. The lowest BCUT2D eigenvalue weighted by Crippen LogP contribution is -2.33. The van der Waals surface area contributed by atoms with Crippen molar-refractivity contribution >= 4 is 12.1 Å². The minimum absolute atomic E-state index is 0.0724. The van der Waals surface area contributed by atoms with E-state index in [-0.39, 0.29) is 5.76 Å². The quantitative estimate of drug-likeness (QED) is 0.795. The predicted molar refractivity (Wildman–Crippen MR) is 87.5 cm³/mol. The van der Waals surface area contributed by atoms with Crippen LogP contribution in [-0.4, -0.2) is 29.7 Å². The number of ether oxygens (including phenoxy) is 3. The summed E-state index contributed by atoms with van der Waals surface area (Å²) in [6.07, 6.45) is 2.59. The number of methoxy groups -OCH3 is 1. The highest BCUT2D eigenvalue weighted by Gasteiger charge is 2.27. The van der Waals surface area contributed by atoms with Crippen LogP contribution < -0.4 is 0 Å². The molecular weight excluding hydrogens is 310 g/mol. The van der Waals surface area contributed by atoms with Crippen LogP contribution in [0.25, 0.3) is 0 Å². The van der Waals surface area contributed by atoms with Crippen molar-refractivity contribution in [3.8, 4) is 0 Å². The number of hydrogen-bond acceptors (Lipinski definition) is 5. The molecule has 0 aliphatic carbocycles. The van der Waals surface area contributed by atoms with Crippen LogP contribution >= 0.6 is 0 Å². The fraction of sp³-hybridized carbons (Fsp3) is 0.333. The molecule has 0 aromatic heterocycles. The Labute approximate surface area is 141 Å². The zero-order chi connectivity index (χ0) is 17.7. The minimum Gasteiger partial charge on any atom is -0.463 e. The van der Waals surface area contributed by atoms with Crippen LogP contribution in [0.1, 0.15) is 26.3 Å². The Hall–Kier alpha value is -2.76. The summed E-state index contributed by atoms with van der Waals surface area (Å²) >= 11 is 0. The highest BCUT2D eigenvalue weighted by Crippen LogP contribution is 2.22. The monoisotopic (exact) mass is 331 g/mol. The largest absolute Gasteiger partial charge is 0.463 e. The molecule has 6 heteroatoms. The minimum atomic E-state index is -0.665. The zero-order valence-corrected chi connectivity index (χ0v) is 14.2. The van der Waals surface area contributed by atoms with E-state index in [9.17, 15) is 9.59 Å². The van der Waals surface area contributed by atoms with Crippen molar-refractivity contribution in [3.05, 3.63) is 59.8 Å². The summed E-state index contributed by atoms with van der Waals surface area (Å²) in [6, 6.07) is 9.57. The molecule has 0 bridgehead atoms. The number of carbonyl (C=O) groups excluding carboxylic acids is 2. The Morgan fingerprint density at radius 2 is 1.79 bits per heavy atom. The van der Waals surface area contributed by atoms with Gasteiger partial charge in [-0.05, 0) is 26.3 Å². The first-order valence-corrected chi connectivity index (χ1v) is 7.52. The van der Waals surface area contributed by atoms with E-state index >= 15 is 0 Å². The summed E-state index contributed by atoms with van der Waals surface area (Å²) < 4.78 is 15.6. The molecular formula is C18H21NO5. The molecule has 1 aliphatic rings. The number of esters is 1. The highest BCUT2D eigenvalue weighted by molar-refractivity contribution is 5.87. The topological polar surface area (TPSA) is 65.1 Å². The second-order valence-electron chi connectivity index (χ2n) is 6.23. The van der Waals surface area contributed by atoms with Gasteiger partial charge in [-0.1, -0.05) is 30.3 Å². The molecule has 0 saturated carbocycles. The van der Waals surface area contributed by atoms with Crippen molar-refractivity contribution in [2.45, 2.75) is 32.8 Å². The van der Waals surface area contributed by atoms with Gasteiger partial charge in [0.25, 0.3) is 0 Å². The molecule has 1 aliphatic heterocycles. The maximum atomic E-state index is 12.3. The molecule has 0 atom stereocenters. The third-order valence-electron chi connectivity index (χ3n) is 2.99.